The number of fused-ring (bicyclic) bond motifs is 1. The minimum atomic E-state index is -1.12. The van der Waals surface area contributed by atoms with E-state index in [0.29, 0.717) is 0 Å². The number of carboxylic acid groups (broad SMARTS) is 1. The number of carbonyl (C=O) groups is 2. The predicted molar refractivity (Wildman–Crippen MR) is 109 cm³/mol. The van der Waals surface area contributed by atoms with Crippen molar-refractivity contribution in [2.75, 3.05) is 13.2 Å². The second-order valence-electron chi connectivity index (χ2n) is 8.49. The van der Waals surface area contributed by atoms with Crippen molar-refractivity contribution in [1.29, 1.82) is 0 Å². The van der Waals surface area contributed by atoms with Crippen LogP contribution in [0.4, 0.5) is 0 Å². The summed E-state index contributed by atoms with van der Waals surface area (Å²) in [5, 5.41) is 12.1. The summed E-state index contributed by atoms with van der Waals surface area (Å²) in [5.41, 5.74) is 0.933. The summed E-state index contributed by atoms with van der Waals surface area (Å²) in [6, 6.07) is 8.77. The van der Waals surface area contributed by atoms with Crippen LogP contribution in [0.5, 0.6) is 0 Å². The van der Waals surface area contributed by atoms with Gasteiger partial charge in [0.05, 0.1) is 13.2 Å². The van der Waals surface area contributed by atoms with Crippen molar-refractivity contribution >= 4 is 11.9 Å². The summed E-state index contributed by atoms with van der Waals surface area (Å²) in [5.74, 6) is -2.54. The summed E-state index contributed by atoms with van der Waals surface area (Å²) in [7, 11) is 0. The number of carbonyl (C=O) groups excluding carboxylic acids is 1. The van der Waals surface area contributed by atoms with E-state index in [1.807, 2.05) is 30.3 Å². The molecule has 0 radical (unpaired) electrons. The van der Waals surface area contributed by atoms with Crippen LogP contribution in [0.2, 0.25) is 0 Å². The molecule has 2 aliphatic rings. The SMILES string of the molecule is CC(C)C(=O)N[C@H]1[C@@H](OCc2ccccc2)O[C@@H]2COC(C)(C)O[C@H]2[C@@H]1OCC(=O)O. The van der Waals surface area contributed by atoms with Crippen LogP contribution in [0.25, 0.3) is 0 Å². The molecular weight excluding hydrogens is 406 g/mol. The molecule has 0 aromatic heterocycles. The van der Waals surface area contributed by atoms with Gasteiger partial charge in [-0.1, -0.05) is 44.2 Å². The molecule has 2 heterocycles. The highest BCUT2D eigenvalue weighted by Gasteiger charge is 2.53. The first-order chi connectivity index (χ1) is 14.7. The maximum absolute atomic E-state index is 12.5. The zero-order valence-electron chi connectivity index (χ0n) is 18.3. The zero-order chi connectivity index (χ0) is 22.6. The standard InChI is InChI=1S/C22H31NO8/c1-13(2)20(26)23-17-19(27-12-16(24)25)18-15(11-29-22(3,4)31-18)30-21(17)28-10-14-8-6-5-7-9-14/h5-9,13,15,17-19,21H,10-12H2,1-4H3,(H,23,26)(H,24,25)/t15-,17-,18-,19-,21+/m1/s1. The highest BCUT2D eigenvalue weighted by Crippen LogP contribution is 2.34. The van der Waals surface area contributed by atoms with Crippen molar-refractivity contribution in [3.63, 3.8) is 0 Å². The molecule has 1 aromatic carbocycles. The van der Waals surface area contributed by atoms with Gasteiger partial charge in [-0.2, -0.15) is 0 Å². The van der Waals surface area contributed by atoms with Gasteiger partial charge in [-0.25, -0.2) is 4.79 Å². The topological polar surface area (TPSA) is 113 Å². The van der Waals surface area contributed by atoms with Crippen LogP contribution in [0.1, 0.15) is 33.3 Å². The number of nitrogens with one attached hydrogen (secondary N) is 1. The quantitative estimate of drug-likeness (QED) is 0.632. The summed E-state index contributed by atoms with van der Waals surface area (Å²) in [6.45, 7) is 6.98. The summed E-state index contributed by atoms with van der Waals surface area (Å²) >= 11 is 0. The van der Waals surface area contributed by atoms with Gasteiger partial charge >= 0.3 is 5.97 Å². The number of amides is 1. The van der Waals surface area contributed by atoms with Crippen molar-refractivity contribution in [2.24, 2.45) is 5.92 Å². The van der Waals surface area contributed by atoms with Crippen LogP contribution in [0, 0.1) is 5.92 Å². The highest BCUT2D eigenvalue weighted by molar-refractivity contribution is 5.78. The molecule has 0 bridgehead atoms. The number of benzene rings is 1. The minimum absolute atomic E-state index is 0.223. The molecule has 5 atom stereocenters. The molecule has 2 aliphatic heterocycles. The fourth-order valence-electron chi connectivity index (χ4n) is 3.57. The third-order valence-electron chi connectivity index (χ3n) is 5.15. The first-order valence-corrected chi connectivity index (χ1v) is 10.4. The number of rotatable bonds is 8. The van der Waals surface area contributed by atoms with E-state index < -0.39 is 49.0 Å². The lowest BCUT2D eigenvalue weighted by Gasteiger charge is -2.51. The van der Waals surface area contributed by atoms with Gasteiger partial charge in [0.1, 0.15) is 31.0 Å². The first-order valence-electron chi connectivity index (χ1n) is 10.4. The van der Waals surface area contributed by atoms with E-state index in [4.69, 9.17) is 23.7 Å². The highest BCUT2D eigenvalue weighted by atomic mass is 16.8. The Balaban J connectivity index is 1.86. The van der Waals surface area contributed by atoms with E-state index in [1.54, 1.807) is 27.7 Å². The fourth-order valence-corrected chi connectivity index (χ4v) is 3.57. The lowest BCUT2D eigenvalue weighted by Crippen LogP contribution is -2.69. The Bertz CT molecular complexity index is 753. The Kier molecular flexibility index (Phi) is 7.66. The molecule has 0 spiro atoms. The number of carboxylic acids is 1. The smallest absolute Gasteiger partial charge is 0.329 e. The molecule has 1 aromatic rings. The van der Waals surface area contributed by atoms with E-state index in [1.165, 1.54) is 0 Å². The average molecular weight is 437 g/mol. The van der Waals surface area contributed by atoms with Crippen molar-refractivity contribution in [3.8, 4) is 0 Å². The Morgan fingerprint density at radius 1 is 1.23 bits per heavy atom. The van der Waals surface area contributed by atoms with Crippen molar-refractivity contribution < 1.29 is 38.4 Å². The molecule has 9 nitrogen and oxygen atoms in total. The third-order valence-corrected chi connectivity index (χ3v) is 5.15. The van der Waals surface area contributed by atoms with Gasteiger partial charge in [-0.05, 0) is 19.4 Å². The predicted octanol–water partition coefficient (Wildman–Crippen LogP) is 1.69. The first kappa shape index (κ1) is 23.6. The molecule has 2 saturated heterocycles. The Labute approximate surface area is 181 Å². The van der Waals surface area contributed by atoms with Gasteiger partial charge in [0.25, 0.3) is 0 Å². The van der Waals surface area contributed by atoms with Crippen molar-refractivity contribution in [3.05, 3.63) is 35.9 Å². The monoisotopic (exact) mass is 437 g/mol. The van der Waals surface area contributed by atoms with Crippen LogP contribution in [-0.4, -0.2) is 66.6 Å². The number of hydrogen-bond donors (Lipinski definition) is 2. The van der Waals surface area contributed by atoms with Crippen LogP contribution < -0.4 is 5.32 Å². The van der Waals surface area contributed by atoms with Crippen LogP contribution in [0.15, 0.2) is 30.3 Å². The summed E-state index contributed by atoms with van der Waals surface area (Å²) in [6.07, 6.45) is -2.87. The van der Waals surface area contributed by atoms with Crippen molar-refractivity contribution in [2.45, 2.75) is 70.7 Å². The maximum atomic E-state index is 12.5. The van der Waals surface area contributed by atoms with Crippen LogP contribution in [-0.2, 0) is 39.9 Å². The van der Waals surface area contributed by atoms with Crippen molar-refractivity contribution in [1.82, 2.24) is 5.32 Å². The van der Waals surface area contributed by atoms with Gasteiger partial charge in [0, 0.05) is 5.92 Å². The number of aliphatic carboxylic acids is 1. The Hall–Kier alpha value is -2.04. The average Bonchev–Trinajstić information content (AvgIpc) is 2.71. The maximum Gasteiger partial charge on any atom is 0.329 e. The number of ether oxygens (including phenoxy) is 5. The van der Waals surface area contributed by atoms with Gasteiger partial charge < -0.3 is 34.1 Å². The van der Waals surface area contributed by atoms with E-state index >= 15 is 0 Å². The zero-order valence-corrected chi connectivity index (χ0v) is 18.3. The largest absolute Gasteiger partial charge is 0.480 e. The second-order valence-corrected chi connectivity index (χ2v) is 8.49. The molecule has 172 valence electrons. The minimum Gasteiger partial charge on any atom is -0.480 e. The van der Waals surface area contributed by atoms with Gasteiger partial charge in [0.2, 0.25) is 5.91 Å². The van der Waals surface area contributed by atoms with Crippen LogP contribution >= 0.6 is 0 Å². The Morgan fingerprint density at radius 2 is 1.94 bits per heavy atom. The molecule has 1 amide bonds. The van der Waals surface area contributed by atoms with E-state index in [9.17, 15) is 14.7 Å². The van der Waals surface area contributed by atoms with Gasteiger partial charge in [-0.3, -0.25) is 4.79 Å². The van der Waals surface area contributed by atoms with Gasteiger partial charge in [-0.15, -0.1) is 0 Å². The summed E-state index contributed by atoms with van der Waals surface area (Å²) < 4.78 is 29.6. The molecule has 3 rings (SSSR count). The molecule has 31 heavy (non-hydrogen) atoms. The molecule has 2 fully saturated rings. The summed E-state index contributed by atoms with van der Waals surface area (Å²) in [4.78, 5) is 23.8. The number of hydrogen-bond acceptors (Lipinski definition) is 7. The van der Waals surface area contributed by atoms with Crippen LogP contribution in [0.3, 0.4) is 0 Å². The molecule has 2 N–H and O–H groups in total. The van der Waals surface area contributed by atoms with E-state index in [-0.39, 0.29) is 25.0 Å². The fraction of sp³-hybridized carbons (Fsp3) is 0.636. The molecule has 0 saturated carbocycles. The molecular formula is C22H31NO8. The van der Waals surface area contributed by atoms with Gasteiger partial charge in [0.15, 0.2) is 12.1 Å². The second kappa shape index (κ2) is 10.1. The molecule has 9 heteroatoms. The third kappa shape index (κ3) is 6.24. The molecule has 0 aliphatic carbocycles. The lowest BCUT2D eigenvalue weighted by atomic mass is 9.94. The van der Waals surface area contributed by atoms with E-state index in [0.717, 1.165) is 5.56 Å². The van der Waals surface area contributed by atoms with E-state index in [2.05, 4.69) is 5.32 Å². The Morgan fingerprint density at radius 3 is 2.58 bits per heavy atom. The molecule has 0 unspecified atom stereocenters. The lowest BCUT2D eigenvalue weighted by molar-refractivity contribution is -0.372. The normalized spacial score (nSPS) is 29.9.